The number of aryl methyl sites for hydroxylation is 1. The maximum Gasteiger partial charge on any atom is 2.00 e. The number of ether oxygens (including phenoxy) is 1. The van der Waals surface area contributed by atoms with E-state index in [0.29, 0.717) is 105 Å². The van der Waals surface area contributed by atoms with Crippen molar-refractivity contribution in [2.24, 2.45) is 0 Å². The van der Waals surface area contributed by atoms with Crippen molar-refractivity contribution in [1.82, 2.24) is 79.7 Å². The van der Waals surface area contributed by atoms with E-state index < -0.39 is 30.0 Å². The largest absolute Gasteiger partial charge is 2.00 e. The number of hydrogen-bond donors (Lipinski definition) is 0. The fraction of sp³-hybridized carbons (Fsp3) is 0.0123. The monoisotopic (exact) mass is 1650 g/mol. The molecule has 23 nitrogen and oxygen atoms in total. The van der Waals surface area contributed by atoms with Crippen LogP contribution in [-0.4, -0.2) is 85.7 Å². The Labute approximate surface area is 773 Å². The Morgan fingerprint density at radius 1 is 0.301 bits per heavy atom. The number of hydrogen-bond acceptors (Lipinski definition) is 19. The van der Waals surface area contributed by atoms with Crippen molar-refractivity contribution in [1.29, 1.82) is 0 Å². The first-order valence-corrected chi connectivity index (χ1v) is 35.3. The molecule has 0 saturated carbocycles. The second-order valence-corrected chi connectivity index (χ2v) is 27.7. The van der Waals surface area contributed by atoms with Crippen molar-refractivity contribution in [3.05, 3.63) is 240 Å². The summed E-state index contributed by atoms with van der Waals surface area (Å²) in [6.45, 7) is 2.01. The van der Waals surface area contributed by atoms with Gasteiger partial charge in [0.25, 0.3) is 0 Å². The first-order chi connectivity index (χ1) is 51.5. The van der Waals surface area contributed by atoms with Gasteiger partial charge in [0.1, 0.15) is 31.7 Å². The molecule has 0 saturated heterocycles. The van der Waals surface area contributed by atoms with Crippen LogP contribution >= 0.6 is 0 Å². The number of nitrogens with zero attached hydrogens (tertiary/aromatic N) is 16. The summed E-state index contributed by atoms with van der Waals surface area (Å²) >= 11 is 0. The number of rotatable bonds is 4. The zero-order valence-electron chi connectivity index (χ0n) is 59.9. The van der Waals surface area contributed by atoms with Gasteiger partial charge in [-0.1, -0.05) is 82.3 Å². The normalized spacial score (nSPS) is 11.4. The van der Waals surface area contributed by atoms with Crippen LogP contribution in [0.3, 0.4) is 0 Å². The number of aromatic nitrogens is 16. The molecule has 16 aromatic rings. The average Bonchev–Trinajstić information content (AvgIpc) is 1.60. The van der Waals surface area contributed by atoms with Gasteiger partial charge >= 0.3 is 182 Å². The molecule has 4 aliphatic rings. The van der Waals surface area contributed by atoms with Crippen LogP contribution in [0.15, 0.2) is 204 Å². The standard InChI is InChI=1S/C81H37N16O7S2.2Cu.5Na/c1-41-15-17-43(18-16-41)20-22-45-24-30-55-61(36-45)77-89-71(55)85-68-52-13-7-8-14-53(52)69(83-68)87-78-62-37-46(26-32-57(62)73(93-78)94-80-64-39-48(105(98,99)100)27-33-58(64)74(90-77)95-80)104-47-25-31-56-63(38-47)79-92-72(56)86-67-51-12-6-5-11-50(51)66(82-67)84-70-54-29-23-44(21-19-42-9-3-2-4-10-42)35-60(54)76(88-70)91-75-59-34-28-49(106(101,102)103)40-65(59)81(96-75)97-79;;;;;;;/h3-4,6,8-18,23-40H,1H3,(H2-4,82,83,84,85,86,87,88,89,90,91,92,93,94,95,96,97,98,99,100,101,102,103);;;;;;;/q-7;2*+2;5*+1/p-2. The van der Waals surface area contributed by atoms with E-state index in [2.05, 4.69) is 41.9 Å². The Morgan fingerprint density at radius 3 is 1.21 bits per heavy atom. The van der Waals surface area contributed by atoms with E-state index in [1.165, 1.54) is 36.4 Å². The number of benzene rings is 10. The summed E-state index contributed by atoms with van der Waals surface area (Å²) in [7, 11) is -9.97. The van der Waals surface area contributed by atoms with Gasteiger partial charge in [-0.25, -0.2) is 31.8 Å². The zero-order valence-corrected chi connectivity index (χ0v) is 73.4. The van der Waals surface area contributed by atoms with Gasteiger partial charge in [-0.05, 0) is 148 Å². The summed E-state index contributed by atoms with van der Waals surface area (Å²) in [5.41, 5.74) is 9.39. The molecule has 0 amide bonds. The molecule has 16 bridgehead atoms. The Hall–Kier alpha value is -8.30. The van der Waals surface area contributed by atoms with Gasteiger partial charge in [0.2, 0.25) is 0 Å². The van der Waals surface area contributed by atoms with E-state index in [1.807, 2.05) is 91.9 Å². The van der Waals surface area contributed by atoms with E-state index in [4.69, 9.17) is 84.5 Å². The first kappa shape index (κ1) is 82.7. The minimum atomic E-state index is -4.99. The molecular weight excluding hydrogens is 1620 g/mol. The van der Waals surface area contributed by atoms with Gasteiger partial charge in [0, 0.05) is 89.8 Å². The van der Waals surface area contributed by atoms with E-state index >= 15 is 0 Å². The minimum absolute atomic E-state index is 0. The van der Waals surface area contributed by atoms with Crippen LogP contribution < -0.4 is 172 Å². The van der Waals surface area contributed by atoms with Gasteiger partial charge in [-0.15, -0.1) is 10.8 Å². The molecule has 32 heteroatoms. The van der Waals surface area contributed by atoms with Crippen molar-refractivity contribution < 1.29 is 213 Å². The molecular formula is C81H35Cu2N16Na5O7S2. The van der Waals surface area contributed by atoms with Gasteiger partial charge in [0.15, 0.2) is 0 Å². The molecule has 4 aliphatic heterocycles. The predicted molar refractivity (Wildman–Crippen MR) is 390 cm³/mol. The Balaban J connectivity index is 0.00000159. The predicted octanol–water partition coefficient (Wildman–Crippen LogP) is -2.31. The molecule has 0 aliphatic carbocycles. The summed E-state index contributed by atoms with van der Waals surface area (Å²) in [6.07, 6.45) is 0. The smallest absolute Gasteiger partial charge is 0.744 e. The summed E-state index contributed by atoms with van der Waals surface area (Å²) in [6, 6.07) is 64.5. The molecule has 0 N–H and O–H groups in total. The third-order valence-corrected chi connectivity index (χ3v) is 19.9. The maximum absolute atomic E-state index is 12.7. The van der Waals surface area contributed by atoms with Crippen LogP contribution in [-0.2, 0) is 54.4 Å². The molecule has 113 heavy (non-hydrogen) atoms. The Morgan fingerprint density at radius 2 is 0.646 bits per heavy atom. The van der Waals surface area contributed by atoms with Crippen molar-refractivity contribution in [3.63, 3.8) is 0 Å². The molecule has 6 aromatic heterocycles. The Kier molecular flexibility index (Phi) is 24.0. The van der Waals surface area contributed by atoms with Gasteiger partial charge < -0.3 is 73.7 Å². The molecule has 0 unspecified atom stereocenters. The molecule has 0 atom stereocenters. The summed E-state index contributed by atoms with van der Waals surface area (Å²) in [4.78, 5) is 79.3. The van der Waals surface area contributed by atoms with Crippen molar-refractivity contribution in [2.75, 3.05) is 0 Å². The van der Waals surface area contributed by atoms with E-state index in [9.17, 15) is 25.9 Å². The van der Waals surface area contributed by atoms with E-state index in [-0.39, 0.29) is 279 Å². The summed E-state index contributed by atoms with van der Waals surface area (Å²) < 4.78 is 83.1. The maximum atomic E-state index is 12.7. The second kappa shape index (κ2) is 32.8. The molecule has 20 rings (SSSR count). The fourth-order valence-corrected chi connectivity index (χ4v) is 14.1. The van der Waals surface area contributed by atoms with Crippen molar-refractivity contribution >= 4 is 109 Å². The van der Waals surface area contributed by atoms with Gasteiger partial charge in [-0.2, -0.15) is 78.9 Å². The van der Waals surface area contributed by atoms with Crippen LogP contribution in [0.25, 0.3) is 179 Å². The van der Waals surface area contributed by atoms with Crippen molar-refractivity contribution in [2.45, 2.75) is 16.7 Å². The molecule has 0 fully saturated rings. The average molecular weight is 1650 g/mol. The van der Waals surface area contributed by atoms with E-state index in [0.717, 1.165) is 16.7 Å². The number of fused-ring (bicyclic) bond motifs is 40. The SMILES string of the molecule is Cc1ccc(C#Cc2ccc3c(c2)-c2nc-3nc3[n-]c(nc4nc(nc5[n-]c(n2)c2ccc(S(=O)(=O)[O-])cc52)-c2ccc(Oc5ccc6c7nc8nc(nc9[n-]c(nc%10nc(nc([n-]7)c6c5)-c5cc(S(=O)(=O)[O-])ccc5-%10)c5cc(C#Cc6cc[c-]cc6)ccc95)-c5c[c-]ccc5-8)cc2-4)c2cc[c-]cc32)cc1.[Cu+2].[Cu+2].[Na+].[Na+].[Na+].[Na+].[Na+]. The van der Waals surface area contributed by atoms with E-state index in [1.54, 1.807) is 72.8 Å². The quantitative estimate of drug-likeness (QED) is 0.0773. The van der Waals surface area contributed by atoms with Crippen molar-refractivity contribution in [3.8, 4) is 126 Å². The third-order valence-electron chi connectivity index (χ3n) is 18.3. The molecule has 520 valence electrons. The van der Waals surface area contributed by atoms with Gasteiger partial charge in [0.05, 0.1) is 50.6 Å². The molecule has 10 heterocycles. The van der Waals surface area contributed by atoms with Crippen LogP contribution in [0.1, 0.15) is 27.8 Å². The van der Waals surface area contributed by atoms with Crippen LogP contribution in [0, 0.1) is 48.8 Å². The molecule has 2 radical (unpaired) electrons. The topological polar surface area (TPSA) is 335 Å². The van der Waals surface area contributed by atoms with Gasteiger partial charge in [-0.3, -0.25) is 4.98 Å². The zero-order chi connectivity index (χ0) is 71.3. The van der Waals surface area contributed by atoms with Crippen LogP contribution in [0.2, 0.25) is 0 Å². The first-order valence-electron chi connectivity index (χ1n) is 32.5. The third kappa shape index (κ3) is 15.4. The summed E-state index contributed by atoms with van der Waals surface area (Å²) in [5, 5.41) is 3.91. The van der Waals surface area contributed by atoms with Crippen LogP contribution in [0.5, 0.6) is 11.5 Å². The van der Waals surface area contributed by atoms with Crippen LogP contribution in [0.4, 0.5) is 0 Å². The minimum Gasteiger partial charge on any atom is -0.744 e. The summed E-state index contributed by atoms with van der Waals surface area (Å²) in [5.74, 6) is 15.0. The Bertz CT molecular complexity index is 7470. The fourth-order valence-electron chi connectivity index (χ4n) is 13.1. The molecule has 10 aromatic carbocycles. The second-order valence-electron chi connectivity index (χ2n) is 24.9. The molecule has 0 spiro atoms.